The van der Waals surface area contributed by atoms with Crippen LogP contribution in [0.25, 0.3) is 16.5 Å². The number of benzene rings is 1. The van der Waals surface area contributed by atoms with Gasteiger partial charge in [0.15, 0.2) is 0 Å². The van der Waals surface area contributed by atoms with E-state index in [1.54, 1.807) is 13.2 Å². The lowest BCUT2D eigenvalue weighted by Gasteiger charge is -2.22. The molecule has 0 unspecified atom stereocenters. The standard InChI is InChI=1S/C22H31N5O3/c1-13(2)16-9-15(29-6)10-18-19(16)22(28)30-21(25-18)17(11-23)20(24-3)27-8-7-14(12-27)26(4)5/h9-11,13-14,23-24H,7-8,12H2,1-6H3/p+1/b20-17-,23-11?/t14-/m0/s1. The predicted octanol–water partition coefficient (Wildman–Crippen LogP) is 1.47. The monoisotopic (exact) mass is 414 g/mol. The maximum absolute atomic E-state index is 12.9. The summed E-state index contributed by atoms with van der Waals surface area (Å²) in [5, 5.41) is 10.5. The Labute approximate surface area is 177 Å². The molecule has 0 spiro atoms. The average molecular weight is 415 g/mol. The van der Waals surface area contributed by atoms with Gasteiger partial charge < -0.3 is 29.7 Å². The second-order valence-electron chi connectivity index (χ2n) is 8.16. The van der Waals surface area contributed by atoms with E-state index in [9.17, 15) is 4.79 Å². The van der Waals surface area contributed by atoms with Gasteiger partial charge in [-0.25, -0.2) is 9.78 Å². The largest absolute Gasteiger partial charge is 0.497 e. The van der Waals surface area contributed by atoms with Crippen LogP contribution in [0.5, 0.6) is 5.75 Å². The van der Waals surface area contributed by atoms with Crippen LogP contribution in [0, 0.1) is 5.41 Å². The SMILES string of the molecule is C[NH2+]/C(=C(\C=N)c1nc2cc(OC)cc(C(C)C)c2c(=O)o1)N1CC[C@H](N(C)C)C1. The number of likely N-dealkylation sites (N-methyl/N-ethyl adjacent to an activating group) is 1. The molecule has 2 aromatic rings. The van der Waals surface area contributed by atoms with Gasteiger partial charge in [-0.05, 0) is 38.1 Å². The molecule has 30 heavy (non-hydrogen) atoms. The number of quaternary nitrogens is 1. The summed E-state index contributed by atoms with van der Waals surface area (Å²) < 4.78 is 11.1. The Morgan fingerprint density at radius 2 is 2.17 bits per heavy atom. The van der Waals surface area contributed by atoms with Crippen molar-refractivity contribution in [3.05, 3.63) is 39.8 Å². The molecule has 1 saturated heterocycles. The highest BCUT2D eigenvalue weighted by Crippen LogP contribution is 2.29. The number of likely N-dealkylation sites (tertiary alicyclic amines) is 1. The van der Waals surface area contributed by atoms with Crippen molar-refractivity contribution in [1.29, 1.82) is 5.41 Å². The van der Waals surface area contributed by atoms with Gasteiger partial charge in [-0.2, -0.15) is 0 Å². The molecular weight excluding hydrogens is 382 g/mol. The normalized spacial score (nSPS) is 17.7. The highest BCUT2D eigenvalue weighted by molar-refractivity contribution is 6.07. The van der Waals surface area contributed by atoms with E-state index in [-0.39, 0.29) is 11.8 Å². The number of nitrogens with zero attached hydrogens (tertiary/aromatic N) is 3. The van der Waals surface area contributed by atoms with E-state index in [1.165, 1.54) is 6.21 Å². The molecule has 8 nitrogen and oxygen atoms in total. The van der Waals surface area contributed by atoms with E-state index in [4.69, 9.17) is 14.6 Å². The first kappa shape index (κ1) is 22.0. The van der Waals surface area contributed by atoms with Gasteiger partial charge in [-0.1, -0.05) is 13.8 Å². The fourth-order valence-electron chi connectivity index (χ4n) is 4.03. The Bertz CT molecular complexity index is 1030. The number of hydrogen-bond donors (Lipinski definition) is 2. The number of methoxy groups -OCH3 is 1. The van der Waals surface area contributed by atoms with Crippen LogP contribution in [-0.2, 0) is 0 Å². The fraction of sp³-hybridized carbons (Fsp3) is 0.500. The summed E-state index contributed by atoms with van der Waals surface area (Å²) in [5.74, 6) is 1.78. The second-order valence-corrected chi connectivity index (χ2v) is 8.16. The third-order valence-electron chi connectivity index (χ3n) is 5.75. The molecule has 2 heterocycles. The van der Waals surface area contributed by atoms with Crippen LogP contribution in [0.2, 0.25) is 0 Å². The highest BCUT2D eigenvalue weighted by Gasteiger charge is 2.30. The molecule has 3 N–H and O–H groups in total. The molecule has 3 rings (SSSR count). The molecule has 1 atom stereocenters. The Morgan fingerprint density at radius 1 is 1.43 bits per heavy atom. The molecule has 1 aromatic carbocycles. The van der Waals surface area contributed by atoms with Crippen molar-refractivity contribution in [1.82, 2.24) is 14.8 Å². The summed E-state index contributed by atoms with van der Waals surface area (Å²) in [6.45, 7) is 5.77. The quantitative estimate of drug-likeness (QED) is 0.666. The van der Waals surface area contributed by atoms with E-state index in [1.807, 2.05) is 32.3 Å². The number of rotatable bonds is 7. The zero-order chi connectivity index (χ0) is 22.0. The van der Waals surface area contributed by atoms with E-state index in [0.29, 0.717) is 28.3 Å². The molecule has 162 valence electrons. The van der Waals surface area contributed by atoms with Crippen LogP contribution in [0.4, 0.5) is 0 Å². The number of nitrogens with one attached hydrogen (secondary N) is 1. The molecule has 1 aliphatic rings. The molecular formula is C22H32N5O3+. The maximum Gasteiger partial charge on any atom is 0.347 e. The molecule has 0 bridgehead atoms. The van der Waals surface area contributed by atoms with Crippen LogP contribution in [0.1, 0.15) is 37.6 Å². The van der Waals surface area contributed by atoms with Gasteiger partial charge in [0.1, 0.15) is 11.3 Å². The first-order chi connectivity index (χ1) is 14.3. The van der Waals surface area contributed by atoms with Gasteiger partial charge in [-0.15, -0.1) is 0 Å². The van der Waals surface area contributed by atoms with Gasteiger partial charge in [0.25, 0.3) is 0 Å². The van der Waals surface area contributed by atoms with Crippen molar-refractivity contribution in [2.45, 2.75) is 32.2 Å². The van der Waals surface area contributed by atoms with Gasteiger partial charge >= 0.3 is 5.63 Å². The molecule has 0 saturated carbocycles. The zero-order valence-electron chi connectivity index (χ0n) is 18.7. The Balaban J connectivity index is 2.17. The van der Waals surface area contributed by atoms with Crippen LogP contribution in [0.15, 0.2) is 27.2 Å². The highest BCUT2D eigenvalue weighted by atomic mass is 16.5. The van der Waals surface area contributed by atoms with Gasteiger partial charge in [-0.3, -0.25) is 0 Å². The van der Waals surface area contributed by atoms with E-state index < -0.39 is 5.63 Å². The predicted molar refractivity (Wildman–Crippen MR) is 118 cm³/mol. The molecule has 8 heteroatoms. The van der Waals surface area contributed by atoms with Gasteiger partial charge in [0.2, 0.25) is 11.7 Å². The topological polar surface area (TPSA) is 99.3 Å². The van der Waals surface area contributed by atoms with Crippen LogP contribution >= 0.6 is 0 Å². The van der Waals surface area contributed by atoms with Crippen LogP contribution in [-0.4, -0.2) is 68.4 Å². The number of aromatic nitrogens is 1. The first-order valence-corrected chi connectivity index (χ1v) is 10.3. The Hall–Kier alpha value is -2.71. The summed E-state index contributed by atoms with van der Waals surface area (Å²) in [6.07, 6.45) is 2.26. The number of nitrogens with two attached hydrogens (primary N) is 1. The third-order valence-corrected chi connectivity index (χ3v) is 5.75. The summed E-state index contributed by atoms with van der Waals surface area (Å²) >= 11 is 0. The number of fused-ring (bicyclic) bond motifs is 1. The minimum absolute atomic E-state index is 0.114. The third kappa shape index (κ3) is 4.11. The zero-order valence-corrected chi connectivity index (χ0v) is 18.7. The molecule has 0 amide bonds. The van der Waals surface area contributed by atoms with Crippen molar-refractivity contribution < 1.29 is 14.5 Å². The molecule has 1 fully saturated rings. The minimum Gasteiger partial charge on any atom is -0.497 e. The molecule has 1 aliphatic heterocycles. The van der Waals surface area contributed by atoms with Crippen molar-refractivity contribution >= 4 is 22.7 Å². The van der Waals surface area contributed by atoms with Crippen molar-refractivity contribution in [3.63, 3.8) is 0 Å². The first-order valence-electron chi connectivity index (χ1n) is 10.3. The molecule has 0 radical (unpaired) electrons. The van der Waals surface area contributed by atoms with Crippen molar-refractivity contribution in [2.24, 2.45) is 0 Å². The van der Waals surface area contributed by atoms with Crippen LogP contribution < -0.4 is 15.7 Å². The van der Waals surface area contributed by atoms with Crippen molar-refractivity contribution in [3.8, 4) is 5.75 Å². The Morgan fingerprint density at radius 3 is 2.70 bits per heavy atom. The Kier molecular flexibility index (Phi) is 6.58. The fourth-order valence-corrected chi connectivity index (χ4v) is 4.03. The summed E-state index contributed by atoms with van der Waals surface area (Å²) in [7, 11) is 7.68. The second kappa shape index (κ2) is 8.97. The van der Waals surface area contributed by atoms with Gasteiger partial charge in [0, 0.05) is 31.4 Å². The average Bonchev–Trinajstić information content (AvgIpc) is 3.20. The number of hydrogen-bond acceptors (Lipinski definition) is 7. The number of ether oxygens (including phenoxy) is 1. The van der Waals surface area contributed by atoms with E-state index in [0.717, 1.165) is 30.9 Å². The summed E-state index contributed by atoms with van der Waals surface area (Å²) in [5.41, 5.74) is 1.42. The van der Waals surface area contributed by atoms with Gasteiger partial charge in [0.05, 0.1) is 25.1 Å². The molecule has 1 aromatic heterocycles. The maximum atomic E-state index is 12.9. The summed E-state index contributed by atoms with van der Waals surface area (Å²) in [6, 6.07) is 4.05. The lowest BCUT2D eigenvalue weighted by Crippen LogP contribution is -2.81. The lowest BCUT2D eigenvalue weighted by molar-refractivity contribution is -0.590. The van der Waals surface area contributed by atoms with E-state index >= 15 is 0 Å². The minimum atomic E-state index is -0.441. The number of allylic oxidation sites excluding steroid dienone is 1. The smallest absolute Gasteiger partial charge is 0.347 e. The molecule has 0 aliphatic carbocycles. The lowest BCUT2D eigenvalue weighted by atomic mass is 9.98. The van der Waals surface area contributed by atoms with Crippen LogP contribution in [0.3, 0.4) is 0 Å². The summed E-state index contributed by atoms with van der Waals surface area (Å²) in [4.78, 5) is 22.0. The van der Waals surface area contributed by atoms with E-state index in [2.05, 4.69) is 28.9 Å². The van der Waals surface area contributed by atoms with Crippen molar-refractivity contribution in [2.75, 3.05) is 41.3 Å².